The lowest BCUT2D eigenvalue weighted by Crippen LogP contribution is -2.26. The SMILES string of the molecule is CCCc1nc(N2CCCC(C(C)(C)C)CC2)sc1CO. The second-order valence-corrected chi connectivity index (χ2v) is 8.32. The summed E-state index contributed by atoms with van der Waals surface area (Å²) >= 11 is 1.69. The van der Waals surface area contributed by atoms with Gasteiger partial charge in [0.1, 0.15) is 0 Å². The van der Waals surface area contributed by atoms with Crippen molar-refractivity contribution in [2.24, 2.45) is 11.3 Å². The molecule has 1 saturated heterocycles. The standard InChI is InChI=1S/C17H30N2OS/c1-5-7-14-15(12-20)21-16(18-14)19-10-6-8-13(9-11-19)17(2,3)4/h13,20H,5-12H2,1-4H3. The molecule has 0 radical (unpaired) electrons. The van der Waals surface area contributed by atoms with Crippen molar-refractivity contribution in [3.8, 4) is 0 Å². The largest absolute Gasteiger partial charge is 0.391 e. The Hall–Kier alpha value is -0.610. The summed E-state index contributed by atoms with van der Waals surface area (Å²) in [4.78, 5) is 8.31. The molecule has 0 aromatic carbocycles. The Kier molecular flexibility index (Phi) is 5.67. The van der Waals surface area contributed by atoms with Crippen LogP contribution in [0.15, 0.2) is 0 Å². The first kappa shape index (κ1) is 16.8. The monoisotopic (exact) mass is 310 g/mol. The van der Waals surface area contributed by atoms with Gasteiger partial charge in [-0.1, -0.05) is 45.5 Å². The molecule has 0 amide bonds. The van der Waals surface area contributed by atoms with Gasteiger partial charge in [0.2, 0.25) is 0 Å². The van der Waals surface area contributed by atoms with Gasteiger partial charge in [-0.25, -0.2) is 4.98 Å². The van der Waals surface area contributed by atoms with Crippen LogP contribution in [0.5, 0.6) is 0 Å². The molecule has 4 heteroatoms. The van der Waals surface area contributed by atoms with Crippen LogP contribution in [0.4, 0.5) is 5.13 Å². The van der Waals surface area contributed by atoms with Crippen molar-refractivity contribution in [3.63, 3.8) is 0 Å². The molecule has 1 unspecified atom stereocenters. The van der Waals surface area contributed by atoms with Crippen molar-refractivity contribution in [1.29, 1.82) is 0 Å². The molecule has 1 aromatic heterocycles. The van der Waals surface area contributed by atoms with E-state index in [0.717, 1.165) is 47.6 Å². The molecule has 1 aromatic rings. The van der Waals surface area contributed by atoms with Crippen LogP contribution in [-0.4, -0.2) is 23.2 Å². The third-order valence-electron chi connectivity index (χ3n) is 4.62. The summed E-state index contributed by atoms with van der Waals surface area (Å²) < 4.78 is 0. The number of aliphatic hydroxyl groups excluding tert-OH is 1. The van der Waals surface area contributed by atoms with Crippen LogP contribution < -0.4 is 4.90 Å². The summed E-state index contributed by atoms with van der Waals surface area (Å²) in [5, 5.41) is 10.6. The number of hydrogen-bond acceptors (Lipinski definition) is 4. The highest BCUT2D eigenvalue weighted by atomic mass is 32.1. The quantitative estimate of drug-likeness (QED) is 0.903. The van der Waals surface area contributed by atoms with E-state index in [1.165, 1.54) is 19.3 Å². The van der Waals surface area contributed by atoms with Gasteiger partial charge in [0.25, 0.3) is 0 Å². The highest BCUT2D eigenvalue weighted by Crippen LogP contribution is 2.36. The van der Waals surface area contributed by atoms with Gasteiger partial charge in [-0.2, -0.15) is 0 Å². The lowest BCUT2D eigenvalue weighted by atomic mass is 9.77. The first-order chi connectivity index (χ1) is 9.95. The average Bonchev–Trinajstić information content (AvgIpc) is 2.66. The predicted octanol–water partition coefficient (Wildman–Crippen LogP) is 4.24. The molecule has 2 rings (SSSR count). The highest BCUT2D eigenvalue weighted by molar-refractivity contribution is 7.15. The summed E-state index contributed by atoms with van der Waals surface area (Å²) in [6.07, 6.45) is 5.88. The van der Waals surface area contributed by atoms with E-state index in [0.29, 0.717) is 5.41 Å². The van der Waals surface area contributed by atoms with E-state index in [2.05, 4.69) is 32.6 Å². The van der Waals surface area contributed by atoms with Crippen LogP contribution in [0, 0.1) is 11.3 Å². The van der Waals surface area contributed by atoms with Crippen LogP contribution in [0.3, 0.4) is 0 Å². The summed E-state index contributed by atoms with van der Waals surface area (Å²) in [6, 6.07) is 0. The van der Waals surface area contributed by atoms with Gasteiger partial charge in [-0.15, -0.1) is 0 Å². The number of nitrogens with zero attached hydrogens (tertiary/aromatic N) is 2. The average molecular weight is 311 g/mol. The maximum Gasteiger partial charge on any atom is 0.185 e. The fourth-order valence-corrected chi connectivity index (χ4v) is 4.23. The zero-order valence-electron chi connectivity index (χ0n) is 14.0. The Bertz CT molecular complexity index is 450. The summed E-state index contributed by atoms with van der Waals surface area (Å²) in [5.41, 5.74) is 1.51. The molecule has 0 saturated carbocycles. The normalized spacial score (nSPS) is 20.6. The Morgan fingerprint density at radius 1 is 1.29 bits per heavy atom. The Balaban J connectivity index is 2.08. The topological polar surface area (TPSA) is 36.4 Å². The predicted molar refractivity (Wildman–Crippen MR) is 91.0 cm³/mol. The molecule has 1 aliphatic heterocycles. The molecule has 0 aliphatic carbocycles. The second-order valence-electron chi connectivity index (χ2n) is 7.26. The molecular formula is C17H30N2OS. The molecule has 1 atom stereocenters. The van der Waals surface area contributed by atoms with Crippen LogP contribution >= 0.6 is 11.3 Å². The first-order valence-electron chi connectivity index (χ1n) is 8.30. The van der Waals surface area contributed by atoms with Gasteiger partial charge in [0, 0.05) is 13.1 Å². The van der Waals surface area contributed by atoms with Gasteiger partial charge < -0.3 is 10.0 Å². The molecule has 3 nitrogen and oxygen atoms in total. The van der Waals surface area contributed by atoms with E-state index < -0.39 is 0 Å². The lowest BCUT2D eigenvalue weighted by molar-refractivity contribution is 0.220. The lowest BCUT2D eigenvalue weighted by Gasteiger charge is -2.29. The van der Waals surface area contributed by atoms with Crippen molar-refractivity contribution in [1.82, 2.24) is 4.98 Å². The number of aryl methyl sites for hydroxylation is 1. The maximum absolute atomic E-state index is 9.51. The van der Waals surface area contributed by atoms with E-state index in [1.54, 1.807) is 11.3 Å². The van der Waals surface area contributed by atoms with Crippen LogP contribution in [0.2, 0.25) is 0 Å². The number of rotatable bonds is 4. The molecule has 1 N–H and O–H groups in total. The second kappa shape index (κ2) is 7.10. The van der Waals surface area contributed by atoms with Gasteiger partial charge in [-0.05, 0) is 37.0 Å². The van der Waals surface area contributed by atoms with E-state index in [9.17, 15) is 5.11 Å². The number of anilines is 1. The van der Waals surface area contributed by atoms with Gasteiger partial charge >= 0.3 is 0 Å². The molecule has 0 spiro atoms. The van der Waals surface area contributed by atoms with Crippen molar-refractivity contribution in [2.45, 2.75) is 66.4 Å². The van der Waals surface area contributed by atoms with Crippen molar-refractivity contribution < 1.29 is 5.11 Å². The summed E-state index contributed by atoms with van der Waals surface area (Å²) in [7, 11) is 0. The highest BCUT2D eigenvalue weighted by Gasteiger charge is 2.28. The minimum absolute atomic E-state index is 0.130. The molecule has 120 valence electrons. The van der Waals surface area contributed by atoms with Crippen molar-refractivity contribution >= 4 is 16.5 Å². The molecule has 1 fully saturated rings. The zero-order chi connectivity index (χ0) is 15.5. The Morgan fingerprint density at radius 2 is 2.05 bits per heavy atom. The first-order valence-corrected chi connectivity index (χ1v) is 9.11. The molecule has 1 aliphatic rings. The Labute approximate surface area is 133 Å². The summed E-state index contributed by atoms with van der Waals surface area (Å²) in [5.74, 6) is 0.801. The zero-order valence-corrected chi connectivity index (χ0v) is 14.8. The van der Waals surface area contributed by atoms with Crippen LogP contribution in [0.25, 0.3) is 0 Å². The van der Waals surface area contributed by atoms with Gasteiger partial charge in [0.15, 0.2) is 5.13 Å². The third kappa shape index (κ3) is 4.19. The van der Waals surface area contributed by atoms with Gasteiger partial charge in [0.05, 0.1) is 17.2 Å². The Morgan fingerprint density at radius 3 is 2.67 bits per heavy atom. The molecule has 21 heavy (non-hydrogen) atoms. The van der Waals surface area contributed by atoms with Crippen molar-refractivity contribution in [2.75, 3.05) is 18.0 Å². The minimum Gasteiger partial charge on any atom is -0.391 e. The van der Waals surface area contributed by atoms with Gasteiger partial charge in [-0.3, -0.25) is 0 Å². The van der Waals surface area contributed by atoms with Crippen LogP contribution in [0.1, 0.15) is 63.9 Å². The molecular weight excluding hydrogens is 280 g/mol. The number of hydrogen-bond donors (Lipinski definition) is 1. The van der Waals surface area contributed by atoms with E-state index >= 15 is 0 Å². The minimum atomic E-state index is 0.130. The van der Waals surface area contributed by atoms with Crippen LogP contribution in [-0.2, 0) is 13.0 Å². The van der Waals surface area contributed by atoms with E-state index in [4.69, 9.17) is 4.98 Å². The maximum atomic E-state index is 9.51. The fraction of sp³-hybridized carbons (Fsp3) is 0.824. The van der Waals surface area contributed by atoms with Crippen molar-refractivity contribution in [3.05, 3.63) is 10.6 Å². The number of aliphatic hydroxyl groups is 1. The van der Waals surface area contributed by atoms with E-state index in [-0.39, 0.29) is 6.61 Å². The number of thiazole rings is 1. The summed E-state index contributed by atoms with van der Waals surface area (Å²) in [6.45, 7) is 11.6. The van der Waals surface area contributed by atoms with E-state index in [1.807, 2.05) is 0 Å². The number of aromatic nitrogens is 1. The third-order valence-corrected chi connectivity index (χ3v) is 5.76. The smallest absolute Gasteiger partial charge is 0.185 e. The molecule has 2 heterocycles. The fourth-order valence-electron chi connectivity index (χ4n) is 3.21. The molecule has 0 bridgehead atoms.